The number of carbonyl (C=O) groups is 1. The number of aromatic nitrogens is 1. The van der Waals surface area contributed by atoms with Gasteiger partial charge in [-0.05, 0) is 41.8 Å². The number of nitrogens with zero attached hydrogens (tertiary/aromatic N) is 1. The standard InChI is InChI=1S/C23H25N3O2/c1-16(2)17-8-10-20(11-9-17)26-23(27)18-12-13-24-22(14-18)25-15-19-6-4-5-7-21(19)28-3/h4-14,16H,15H2,1-3H3,(H,24,25)(H,26,27). The van der Waals surface area contributed by atoms with E-state index in [2.05, 4.69) is 29.5 Å². The Morgan fingerprint density at radius 2 is 1.82 bits per heavy atom. The van der Waals surface area contributed by atoms with Gasteiger partial charge in [-0.25, -0.2) is 4.98 Å². The average molecular weight is 375 g/mol. The number of carbonyl (C=O) groups excluding carboxylic acids is 1. The quantitative estimate of drug-likeness (QED) is 0.605. The van der Waals surface area contributed by atoms with Gasteiger partial charge in [-0.1, -0.05) is 44.2 Å². The Morgan fingerprint density at radius 3 is 2.54 bits per heavy atom. The zero-order chi connectivity index (χ0) is 19.9. The molecule has 0 radical (unpaired) electrons. The summed E-state index contributed by atoms with van der Waals surface area (Å²) in [5.41, 5.74) is 3.58. The van der Waals surface area contributed by atoms with Gasteiger partial charge >= 0.3 is 0 Å². The minimum Gasteiger partial charge on any atom is -0.496 e. The molecule has 144 valence electrons. The van der Waals surface area contributed by atoms with E-state index < -0.39 is 0 Å². The van der Waals surface area contributed by atoms with E-state index in [1.54, 1.807) is 25.4 Å². The molecule has 0 saturated heterocycles. The molecule has 28 heavy (non-hydrogen) atoms. The van der Waals surface area contributed by atoms with Crippen molar-refractivity contribution in [2.75, 3.05) is 17.7 Å². The predicted molar refractivity (Wildman–Crippen MR) is 113 cm³/mol. The molecule has 2 aromatic carbocycles. The van der Waals surface area contributed by atoms with Crippen LogP contribution < -0.4 is 15.4 Å². The van der Waals surface area contributed by atoms with Crippen molar-refractivity contribution in [2.45, 2.75) is 26.3 Å². The van der Waals surface area contributed by atoms with E-state index in [0.717, 1.165) is 17.0 Å². The third kappa shape index (κ3) is 4.88. The highest BCUT2D eigenvalue weighted by molar-refractivity contribution is 6.04. The van der Waals surface area contributed by atoms with Crippen molar-refractivity contribution in [2.24, 2.45) is 0 Å². The third-order valence-corrected chi connectivity index (χ3v) is 4.51. The summed E-state index contributed by atoms with van der Waals surface area (Å²) in [6.07, 6.45) is 1.63. The van der Waals surface area contributed by atoms with Gasteiger partial charge in [0.15, 0.2) is 0 Å². The summed E-state index contributed by atoms with van der Waals surface area (Å²) >= 11 is 0. The first-order valence-electron chi connectivity index (χ1n) is 9.30. The molecule has 0 saturated carbocycles. The van der Waals surface area contributed by atoms with Crippen LogP contribution in [0.1, 0.15) is 41.3 Å². The highest BCUT2D eigenvalue weighted by atomic mass is 16.5. The second-order valence-electron chi connectivity index (χ2n) is 6.83. The molecule has 0 fully saturated rings. The second-order valence-corrected chi connectivity index (χ2v) is 6.83. The molecule has 5 heteroatoms. The maximum atomic E-state index is 12.6. The van der Waals surface area contributed by atoms with E-state index in [9.17, 15) is 4.79 Å². The molecule has 0 atom stereocenters. The number of pyridine rings is 1. The van der Waals surface area contributed by atoms with Gasteiger partial charge in [-0.3, -0.25) is 4.79 Å². The smallest absolute Gasteiger partial charge is 0.255 e. The zero-order valence-electron chi connectivity index (χ0n) is 16.4. The summed E-state index contributed by atoms with van der Waals surface area (Å²) in [4.78, 5) is 16.9. The number of hydrogen-bond donors (Lipinski definition) is 2. The first kappa shape index (κ1) is 19.4. The van der Waals surface area contributed by atoms with Gasteiger partial charge in [0.05, 0.1) is 7.11 Å². The van der Waals surface area contributed by atoms with Crippen molar-refractivity contribution in [3.63, 3.8) is 0 Å². The van der Waals surface area contributed by atoms with Crippen LogP contribution in [-0.4, -0.2) is 18.0 Å². The lowest BCUT2D eigenvalue weighted by atomic mass is 10.0. The van der Waals surface area contributed by atoms with Crippen LogP contribution in [0.15, 0.2) is 66.9 Å². The summed E-state index contributed by atoms with van der Waals surface area (Å²) in [5, 5.41) is 6.17. The topological polar surface area (TPSA) is 63.2 Å². The van der Waals surface area contributed by atoms with Crippen LogP contribution in [0.3, 0.4) is 0 Å². The average Bonchev–Trinajstić information content (AvgIpc) is 2.73. The van der Waals surface area contributed by atoms with Gasteiger partial charge < -0.3 is 15.4 Å². The number of anilines is 2. The van der Waals surface area contributed by atoms with Crippen molar-refractivity contribution >= 4 is 17.4 Å². The largest absolute Gasteiger partial charge is 0.496 e. The number of rotatable bonds is 7. The number of para-hydroxylation sites is 1. The summed E-state index contributed by atoms with van der Waals surface area (Å²) in [7, 11) is 1.65. The first-order chi connectivity index (χ1) is 13.6. The Bertz CT molecular complexity index is 937. The molecular formula is C23H25N3O2. The van der Waals surface area contributed by atoms with Crippen LogP contribution in [0, 0.1) is 0 Å². The van der Waals surface area contributed by atoms with E-state index in [4.69, 9.17) is 4.74 Å². The van der Waals surface area contributed by atoms with Gasteiger partial charge in [0, 0.05) is 29.6 Å². The van der Waals surface area contributed by atoms with Gasteiger partial charge in [0.25, 0.3) is 5.91 Å². The van der Waals surface area contributed by atoms with E-state index in [1.807, 2.05) is 48.5 Å². The molecule has 0 aliphatic rings. The minimum atomic E-state index is -0.167. The fourth-order valence-electron chi connectivity index (χ4n) is 2.86. The van der Waals surface area contributed by atoms with E-state index >= 15 is 0 Å². The Labute approximate surface area is 165 Å². The summed E-state index contributed by atoms with van der Waals surface area (Å²) in [6, 6.07) is 19.2. The van der Waals surface area contributed by atoms with Crippen molar-refractivity contribution < 1.29 is 9.53 Å². The van der Waals surface area contributed by atoms with Crippen molar-refractivity contribution in [3.05, 3.63) is 83.6 Å². The molecule has 1 amide bonds. The lowest BCUT2D eigenvalue weighted by molar-refractivity contribution is 0.102. The highest BCUT2D eigenvalue weighted by Crippen LogP contribution is 2.20. The van der Waals surface area contributed by atoms with Crippen LogP contribution in [-0.2, 0) is 6.54 Å². The van der Waals surface area contributed by atoms with Crippen LogP contribution in [0.4, 0.5) is 11.5 Å². The molecule has 5 nitrogen and oxygen atoms in total. The normalized spacial score (nSPS) is 10.6. The first-order valence-corrected chi connectivity index (χ1v) is 9.30. The zero-order valence-corrected chi connectivity index (χ0v) is 16.4. The Balaban J connectivity index is 1.66. The monoisotopic (exact) mass is 375 g/mol. The van der Waals surface area contributed by atoms with Crippen LogP contribution >= 0.6 is 0 Å². The third-order valence-electron chi connectivity index (χ3n) is 4.51. The molecule has 1 aromatic heterocycles. The molecule has 0 aliphatic carbocycles. The molecule has 3 rings (SSSR count). The summed E-state index contributed by atoms with van der Waals surface area (Å²) in [6.45, 7) is 4.84. The van der Waals surface area contributed by atoms with E-state index in [0.29, 0.717) is 23.8 Å². The summed E-state index contributed by atoms with van der Waals surface area (Å²) in [5.74, 6) is 1.74. The molecule has 0 bridgehead atoms. The number of ether oxygens (including phenoxy) is 1. The molecular weight excluding hydrogens is 350 g/mol. The van der Waals surface area contributed by atoms with E-state index in [1.165, 1.54) is 5.56 Å². The van der Waals surface area contributed by atoms with E-state index in [-0.39, 0.29) is 5.91 Å². The number of benzene rings is 2. The highest BCUT2D eigenvalue weighted by Gasteiger charge is 2.09. The van der Waals surface area contributed by atoms with Crippen molar-refractivity contribution in [3.8, 4) is 5.75 Å². The number of methoxy groups -OCH3 is 1. The lowest BCUT2D eigenvalue weighted by Gasteiger charge is -2.11. The lowest BCUT2D eigenvalue weighted by Crippen LogP contribution is -2.13. The summed E-state index contributed by atoms with van der Waals surface area (Å²) < 4.78 is 5.36. The fraction of sp³-hybridized carbons (Fsp3) is 0.217. The minimum absolute atomic E-state index is 0.167. The predicted octanol–water partition coefficient (Wildman–Crippen LogP) is 5.08. The molecule has 0 aliphatic heterocycles. The molecule has 0 spiro atoms. The number of nitrogens with one attached hydrogen (secondary N) is 2. The Hall–Kier alpha value is -3.34. The Kier molecular flexibility index (Phi) is 6.27. The van der Waals surface area contributed by atoms with Gasteiger partial charge in [0.2, 0.25) is 0 Å². The second kappa shape index (κ2) is 9.04. The van der Waals surface area contributed by atoms with Crippen molar-refractivity contribution in [1.29, 1.82) is 0 Å². The van der Waals surface area contributed by atoms with Crippen LogP contribution in [0.25, 0.3) is 0 Å². The van der Waals surface area contributed by atoms with Crippen LogP contribution in [0.2, 0.25) is 0 Å². The molecule has 0 unspecified atom stereocenters. The van der Waals surface area contributed by atoms with Crippen LogP contribution in [0.5, 0.6) is 5.75 Å². The SMILES string of the molecule is COc1ccccc1CNc1cc(C(=O)Nc2ccc(C(C)C)cc2)ccn1. The van der Waals surface area contributed by atoms with Gasteiger partial charge in [-0.2, -0.15) is 0 Å². The molecule has 1 heterocycles. The maximum absolute atomic E-state index is 12.6. The number of hydrogen-bond acceptors (Lipinski definition) is 4. The molecule has 3 aromatic rings. The van der Waals surface area contributed by atoms with Gasteiger partial charge in [-0.15, -0.1) is 0 Å². The fourth-order valence-corrected chi connectivity index (χ4v) is 2.86. The van der Waals surface area contributed by atoms with Gasteiger partial charge in [0.1, 0.15) is 11.6 Å². The van der Waals surface area contributed by atoms with Crippen molar-refractivity contribution in [1.82, 2.24) is 4.98 Å². The maximum Gasteiger partial charge on any atom is 0.255 e. The Morgan fingerprint density at radius 1 is 1.07 bits per heavy atom. The molecule has 2 N–H and O–H groups in total. The number of amides is 1.